The minimum atomic E-state index is 0.255. The molecule has 0 aromatic rings. The zero-order valence-corrected chi connectivity index (χ0v) is 10.2. The fraction of sp³-hybridized carbons (Fsp3) is 1.00. The summed E-state index contributed by atoms with van der Waals surface area (Å²) in [6.45, 7) is 3.57. The molecule has 0 aliphatic heterocycles. The fourth-order valence-electron chi connectivity index (χ4n) is 1.24. The lowest BCUT2D eigenvalue weighted by Crippen LogP contribution is -2.02. The topological polar surface area (TPSA) is 58.9 Å². The first-order valence-corrected chi connectivity index (χ1v) is 6.29. The maximum Gasteiger partial charge on any atom is 0.0466 e. The summed E-state index contributed by atoms with van der Waals surface area (Å²) < 4.78 is 10.8. The van der Waals surface area contributed by atoms with Crippen LogP contribution < -0.4 is 0 Å². The fourth-order valence-corrected chi connectivity index (χ4v) is 1.24. The Morgan fingerprint density at radius 1 is 0.500 bits per heavy atom. The van der Waals surface area contributed by atoms with Crippen molar-refractivity contribution in [2.75, 3.05) is 39.6 Å². The largest absolute Gasteiger partial charge is 0.396 e. The van der Waals surface area contributed by atoms with E-state index in [-0.39, 0.29) is 13.2 Å². The molecule has 0 amide bonds. The summed E-state index contributed by atoms with van der Waals surface area (Å²) >= 11 is 0. The van der Waals surface area contributed by atoms with Crippen molar-refractivity contribution in [2.24, 2.45) is 0 Å². The van der Waals surface area contributed by atoms with E-state index >= 15 is 0 Å². The van der Waals surface area contributed by atoms with E-state index in [0.717, 1.165) is 65.0 Å². The Balaban J connectivity index is 2.83. The average Bonchev–Trinajstić information content (AvgIpc) is 2.31. The average molecular weight is 234 g/mol. The van der Waals surface area contributed by atoms with Gasteiger partial charge in [-0.3, -0.25) is 0 Å². The number of ether oxygens (including phenoxy) is 2. The third-order valence-electron chi connectivity index (χ3n) is 2.22. The van der Waals surface area contributed by atoms with Gasteiger partial charge in [0.15, 0.2) is 0 Å². The van der Waals surface area contributed by atoms with E-state index in [2.05, 4.69) is 0 Å². The minimum Gasteiger partial charge on any atom is -0.396 e. The Labute approximate surface area is 98.6 Å². The van der Waals surface area contributed by atoms with E-state index in [9.17, 15) is 0 Å². The quantitative estimate of drug-likeness (QED) is 0.472. The molecule has 0 atom stereocenters. The lowest BCUT2D eigenvalue weighted by atomic mass is 10.3. The maximum absolute atomic E-state index is 8.54. The van der Waals surface area contributed by atoms with Crippen LogP contribution in [0.25, 0.3) is 0 Å². The Bertz CT molecular complexity index is 106. The monoisotopic (exact) mass is 234 g/mol. The molecule has 0 saturated heterocycles. The van der Waals surface area contributed by atoms with Crippen LogP contribution in [0.2, 0.25) is 0 Å². The van der Waals surface area contributed by atoms with Crippen LogP contribution in [0, 0.1) is 0 Å². The second kappa shape index (κ2) is 14.8. The molecular weight excluding hydrogens is 208 g/mol. The number of hydrogen-bond donors (Lipinski definition) is 2. The van der Waals surface area contributed by atoms with E-state index < -0.39 is 0 Å². The standard InChI is InChI=1S/C12H26O4/c13-7-1-3-9-15-11-5-6-12-16-10-4-2-8-14/h13-14H,1-12H2. The smallest absolute Gasteiger partial charge is 0.0466 e. The van der Waals surface area contributed by atoms with Crippen LogP contribution in [0.1, 0.15) is 38.5 Å². The summed E-state index contributed by atoms with van der Waals surface area (Å²) in [7, 11) is 0. The van der Waals surface area contributed by atoms with Crippen molar-refractivity contribution in [1.82, 2.24) is 0 Å². The van der Waals surface area contributed by atoms with Crippen LogP contribution in [-0.2, 0) is 9.47 Å². The molecule has 0 aromatic heterocycles. The molecule has 0 aliphatic carbocycles. The number of aliphatic hydroxyl groups excluding tert-OH is 2. The molecule has 0 saturated carbocycles. The van der Waals surface area contributed by atoms with E-state index in [1.807, 2.05) is 0 Å². The van der Waals surface area contributed by atoms with Gasteiger partial charge in [-0.2, -0.15) is 0 Å². The first-order chi connectivity index (χ1) is 7.91. The van der Waals surface area contributed by atoms with Gasteiger partial charge in [0, 0.05) is 39.6 Å². The van der Waals surface area contributed by atoms with Crippen LogP contribution in [0.4, 0.5) is 0 Å². The zero-order chi connectivity index (χ0) is 11.9. The summed E-state index contributed by atoms with van der Waals surface area (Å²) in [5, 5.41) is 17.1. The van der Waals surface area contributed by atoms with Crippen molar-refractivity contribution in [3.8, 4) is 0 Å². The molecule has 16 heavy (non-hydrogen) atoms. The first kappa shape index (κ1) is 15.8. The maximum atomic E-state index is 8.54. The molecule has 0 fully saturated rings. The van der Waals surface area contributed by atoms with E-state index in [0.29, 0.717) is 0 Å². The molecule has 0 radical (unpaired) electrons. The lowest BCUT2D eigenvalue weighted by Gasteiger charge is -2.05. The molecule has 0 aliphatic rings. The predicted molar refractivity (Wildman–Crippen MR) is 63.5 cm³/mol. The van der Waals surface area contributed by atoms with Crippen LogP contribution >= 0.6 is 0 Å². The Morgan fingerprint density at radius 2 is 0.812 bits per heavy atom. The van der Waals surface area contributed by atoms with Gasteiger partial charge in [0.05, 0.1) is 0 Å². The molecule has 0 rings (SSSR count). The number of aliphatic hydroxyl groups is 2. The molecule has 0 spiro atoms. The Hall–Kier alpha value is -0.160. The highest BCUT2D eigenvalue weighted by Gasteiger charge is 1.92. The number of rotatable bonds is 13. The van der Waals surface area contributed by atoms with Gasteiger partial charge >= 0.3 is 0 Å². The van der Waals surface area contributed by atoms with Gasteiger partial charge in [-0.1, -0.05) is 0 Å². The van der Waals surface area contributed by atoms with E-state index in [1.54, 1.807) is 0 Å². The molecule has 0 aromatic carbocycles. The summed E-state index contributed by atoms with van der Waals surface area (Å²) in [5.41, 5.74) is 0. The molecule has 4 nitrogen and oxygen atoms in total. The predicted octanol–water partition coefficient (Wildman–Crippen LogP) is 1.34. The second-order valence-electron chi connectivity index (χ2n) is 3.79. The van der Waals surface area contributed by atoms with Gasteiger partial charge in [0.1, 0.15) is 0 Å². The molecule has 98 valence electrons. The summed E-state index contributed by atoms with van der Waals surface area (Å²) in [6.07, 6.45) is 5.59. The van der Waals surface area contributed by atoms with Gasteiger partial charge in [0.2, 0.25) is 0 Å². The van der Waals surface area contributed by atoms with Crippen LogP contribution in [0.3, 0.4) is 0 Å². The van der Waals surface area contributed by atoms with Crippen molar-refractivity contribution >= 4 is 0 Å². The highest BCUT2D eigenvalue weighted by atomic mass is 16.5. The zero-order valence-electron chi connectivity index (χ0n) is 10.2. The van der Waals surface area contributed by atoms with Crippen molar-refractivity contribution in [3.63, 3.8) is 0 Å². The highest BCUT2D eigenvalue weighted by Crippen LogP contribution is 1.95. The summed E-state index contributed by atoms with van der Waals surface area (Å²) in [4.78, 5) is 0. The molecular formula is C12H26O4. The first-order valence-electron chi connectivity index (χ1n) is 6.29. The highest BCUT2D eigenvalue weighted by molar-refractivity contribution is 4.41. The van der Waals surface area contributed by atoms with Crippen LogP contribution in [0.5, 0.6) is 0 Å². The Kier molecular flexibility index (Phi) is 14.7. The lowest BCUT2D eigenvalue weighted by molar-refractivity contribution is 0.0960. The van der Waals surface area contributed by atoms with Crippen molar-refractivity contribution in [1.29, 1.82) is 0 Å². The number of unbranched alkanes of at least 4 members (excludes halogenated alkanes) is 3. The summed E-state index contributed by atoms with van der Waals surface area (Å²) in [5.74, 6) is 0. The molecule has 0 heterocycles. The number of hydrogen-bond acceptors (Lipinski definition) is 4. The molecule has 0 bridgehead atoms. The molecule has 4 heteroatoms. The van der Waals surface area contributed by atoms with Crippen molar-refractivity contribution < 1.29 is 19.7 Å². The molecule has 0 unspecified atom stereocenters. The summed E-state index contributed by atoms with van der Waals surface area (Å²) in [6, 6.07) is 0. The van der Waals surface area contributed by atoms with E-state index in [1.165, 1.54) is 0 Å². The van der Waals surface area contributed by atoms with Crippen molar-refractivity contribution in [2.45, 2.75) is 38.5 Å². The van der Waals surface area contributed by atoms with Gasteiger partial charge in [-0.05, 0) is 38.5 Å². The Morgan fingerprint density at radius 3 is 1.12 bits per heavy atom. The van der Waals surface area contributed by atoms with E-state index in [4.69, 9.17) is 19.7 Å². The van der Waals surface area contributed by atoms with Gasteiger partial charge in [0.25, 0.3) is 0 Å². The SMILES string of the molecule is OCCCCOCCCCOCCCCO. The molecule has 2 N–H and O–H groups in total. The van der Waals surface area contributed by atoms with Crippen LogP contribution in [0.15, 0.2) is 0 Å². The van der Waals surface area contributed by atoms with Crippen molar-refractivity contribution in [3.05, 3.63) is 0 Å². The second-order valence-corrected chi connectivity index (χ2v) is 3.79. The third kappa shape index (κ3) is 13.8. The van der Waals surface area contributed by atoms with Gasteiger partial charge in [-0.25, -0.2) is 0 Å². The minimum absolute atomic E-state index is 0.255. The van der Waals surface area contributed by atoms with Gasteiger partial charge < -0.3 is 19.7 Å². The normalized spacial score (nSPS) is 10.9. The third-order valence-corrected chi connectivity index (χ3v) is 2.22. The van der Waals surface area contributed by atoms with Gasteiger partial charge in [-0.15, -0.1) is 0 Å². The van der Waals surface area contributed by atoms with Crippen LogP contribution in [-0.4, -0.2) is 49.9 Å².